The first-order valence-electron chi connectivity index (χ1n) is 11.3. The number of fused-ring (bicyclic) bond motifs is 1. The van der Waals surface area contributed by atoms with Gasteiger partial charge in [0.2, 0.25) is 5.75 Å². The number of methoxy groups -OCH3 is 2. The Morgan fingerprint density at radius 2 is 1.78 bits per heavy atom. The minimum atomic E-state index is -0.833. The molecule has 0 spiro atoms. The van der Waals surface area contributed by atoms with Gasteiger partial charge in [-0.3, -0.25) is 9.59 Å². The number of rotatable bonds is 8. The lowest BCUT2D eigenvalue weighted by Gasteiger charge is -2.38. The molecule has 6 nitrogen and oxygen atoms in total. The van der Waals surface area contributed by atoms with Crippen LogP contribution in [0.2, 0.25) is 0 Å². The molecule has 0 radical (unpaired) electrons. The molecule has 2 fully saturated rings. The maximum Gasteiger partial charge on any atom is 0.313 e. The van der Waals surface area contributed by atoms with Gasteiger partial charge >= 0.3 is 5.97 Å². The molecule has 0 aromatic heterocycles. The van der Waals surface area contributed by atoms with E-state index in [1.54, 1.807) is 14.2 Å². The molecule has 1 unspecified atom stereocenters. The zero-order valence-corrected chi connectivity index (χ0v) is 18.5. The number of ether oxygens (including phenoxy) is 3. The molecule has 5 rings (SSSR count). The molecule has 3 aliphatic carbocycles. The molecule has 6 heteroatoms. The third-order valence-electron chi connectivity index (χ3n) is 7.42. The molecule has 168 valence electrons. The van der Waals surface area contributed by atoms with Gasteiger partial charge in [-0.05, 0) is 61.3 Å². The van der Waals surface area contributed by atoms with Crippen LogP contribution in [0.5, 0.6) is 17.2 Å². The summed E-state index contributed by atoms with van der Waals surface area (Å²) in [6.07, 6.45) is 5.17. The molecule has 0 heterocycles. The van der Waals surface area contributed by atoms with Gasteiger partial charge in [-0.2, -0.15) is 0 Å². The average Bonchev–Trinajstić information content (AvgIpc) is 3.50. The summed E-state index contributed by atoms with van der Waals surface area (Å²) in [6.45, 7) is 0. The Kier molecular flexibility index (Phi) is 5.11. The second-order valence-electron chi connectivity index (χ2n) is 9.16. The third-order valence-corrected chi connectivity index (χ3v) is 7.42. The van der Waals surface area contributed by atoms with Crippen molar-refractivity contribution in [1.82, 2.24) is 0 Å². The van der Waals surface area contributed by atoms with Crippen LogP contribution in [0.1, 0.15) is 54.4 Å². The highest BCUT2D eigenvalue weighted by molar-refractivity contribution is 6.01. The van der Waals surface area contributed by atoms with Gasteiger partial charge in [0.25, 0.3) is 0 Å². The monoisotopic (exact) mass is 436 g/mol. The van der Waals surface area contributed by atoms with Gasteiger partial charge in [-0.15, -0.1) is 0 Å². The SMILES string of the molecule is COc1ccc(-c2ccc3c(c2)CCC3=O)c(OC(C2CCC2)C2(C(=O)O)CC2)c1OC. The molecular formula is C26H28O6. The van der Waals surface area contributed by atoms with Crippen LogP contribution in [0.25, 0.3) is 11.1 Å². The number of carboxylic acids is 1. The number of carbonyl (C=O) groups excluding carboxylic acids is 1. The number of ketones is 1. The summed E-state index contributed by atoms with van der Waals surface area (Å²) in [4.78, 5) is 24.3. The van der Waals surface area contributed by atoms with Crippen LogP contribution in [-0.4, -0.2) is 37.2 Å². The van der Waals surface area contributed by atoms with Crippen LogP contribution in [0.15, 0.2) is 30.3 Å². The number of aliphatic carboxylic acids is 1. The minimum absolute atomic E-state index is 0.178. The van der Waals surface area contributed by atoms with Crippen molar-refractivity contribution in [3.05, 3.63) is 41.5 Å². The fourth-order valence-electron chi connectivity index (χ4n) is 5.15. The largest absolute Gasteiger partial charge is 0.493 e. The fourth-order valence-corrected chi connectivity index (χ4v) is 5.15. The topological polar surface area (TPSA) is 82.1 Å². The van der Waals surface area contributed by atoms with Crippen LogP contribution >= 0.6 is 0 Å². The number of benzene rings is 2. The Balaban J connectivity index is 1.62. The van der Waals surface area contributed by atoms with Gasteiger partial charge in [0.1, 0.15) is 11.5 Å². The van der Waals surface area contributed by atoms with E-state index in [4.69, 9.17) is 14.2 Å². The van der Waals surface area contributed by atoms with E-state index in [-0.39, 0.29) is 11.7 Å². The standard InChI is InChI=1S/C26H28O6/c1-30-21-11-9-19(17-6-8-18-16(14-17)7-10-20(18)27)22(23(21)31-2)32-24(15-4-3-5-15)26(12-13-26)25(28)29/h6,8-9,11,14-15,24H,3-5,7,10,12-13H2,1-2H3,(H,28,29). The van der Waals surface area contributed by atoms with Crippen molar-refractivity contribution in [2.75, 3.05) is 14.2 Å². The molecule has 2 saturated carbocycles. The van der Waals surface area contributed by atoms with Crippen molar-refractivity contribution in [2.45, 2.75) is 51.0 Å². The third kappa shape index (κ3) is 3.24. The van der Waals surface area contributed by atoms with E-state index < -0.39 is 17.5 Å². The number of Topliss-reactive ketones (excluding diaryl/α,β-unsaturated/α-hetero) is 1. The number of aryl methyl sites for hydroxylation is 1. The highest BCUT2D eigenvalue weighted by Gasteiger charge is 2.60. The first kappa shape index (κ1) is 20.9. The summed E-state index contributed by atoms with van der Waals surface area (Å²) in [5, 5.41) is 10.00. The normalized spacial score (nSPS) is 19.6. The van der Waals surface area contributed by atoms with Gasteiger partial charge in [0.05, 0.1) is 14.2 Å². The predicted molar refractivity (Wildman–Crippen MR) is 119 cm³/mol. The van der Waals surface area contributed by atoms with Crippen molar-refractivity contribution in [1.29, 1.82) is 0 Å². The molecule has 0 saturated heterocycles. The summed E-state index contributed by atoms with van der Waals surface area (Å²) < 4.78 is 17.9. The molecule has 2 aromatic rings. The number of carbonyl (C=O) groups is 2. The van der Waals surface area contributed by atoms with Crippen LogP contribution < -0.4 is 14.2 Å². The first-order valence-corrected chi connectivity index (χ1v) is 11.3. The smallest absolute Gasteiger partial charge is 0.313 e. The molecule has 0 bridgehead atoms. The van der Waals surface area contributed by atoms with E-state index in [0.717, 1.165) is 47.9 Å². The van der Waals surface area contributed by atoms with Crippen LogP contribution in [0, 0.1) is 11.3 Å². The Morgan fingerprint density at radius 3 is 2.38 bits per heavy atom. The fraction of sp³-hybridized carbons (Fsp3) is 0.462. The summed E-state index contributed by atoms with van der Waals surface area (Å²) >= 11 is 0. The lowest BCUT2D eigenvalue weighted by molar-refractivity contribution is -0.149. The van der Waals surface area contributed by atoms with Crippen molar-refractivity contribution in [3.63, 3.8) is 0 Å². The molecule has 1 atom stereocenters. The highest BCUT2D eigenvalue weighted by Crippen LogP contribution is 2.57. The van der Waals surface area contributed by atoms with Crippen LogP contribution in [0.3, 0.4) is 0 Å². The Morgan fingerprint density at radius 1 is 1.03 bits per heavy atom. The maximum atomic E-state index is 12.2. The molecule has 32 heavy (non-hydrogen) atoms. The van der Waals surface area contributed by atoms with Crippen molar-refractivity contribution in [2.24, 2.45) is 11.3 Å². The Hall–Kier alpha value is -3.02. The van der Waals surface area contributed by atoms with E-state index in [1.165, 1.54) is 0 Å². The molecule has 0 amide bonds. The molecule has 0 aliphatic heterocycles. The number of carboxylic acid groups (broad SMARTS) is 1. The van der Waals surface area contributed by atoms with E-state index in [0.29, 0.717) is 36.5 Å². The van der Waals surface area contributed by atoms with Gasteiger partial charge in [-0.25, -0.2) is 0 Å². The summed E-state index contributed by atoms with van der Waals surface area (Å²) in [5.41, 5.74) is 2.72. The van der Waals surface area contributed by atoms with Crippen molar-refractivity contribution in [3.8, 4) is 28.4 Å². The van der Waals surface area contributed by atoms with Crippen molar-refractivity contribution >= 4 is 11.8 Å². The Bertz CT molecular complexity index is 1080. The van der Waals surface area contributed by atoms with E-state index in [2.05, 4.69) is 0 Å². The number of hydrogen-bond acceptors (Lipinski definition) is 5. The summed E-state index contributed by atoms with van der Waals surface area (Å²) in [5.74, 6) is 1.13. The van der Waals surface area contributed by atoms with E-state index in [9.17, 15) is 14.7 Å². The second kappa shape index (κ2) is 7.84. The first-order chi connectivity index (χ1) is 15.5. The summed E-state index contributed by atoms with van der Waals surface area (Å²) in [6, 6.07) is 9.61. The molecular weight excluding hydrogens is 408 g/mol. The lowest BCUT2D eigenvalue weighted by atomic mass is 9.75. The maximum absolute atomic E-state index is 12.2. The number of hydrogen-bond donors (Lipinski definition) is 1. The minimum Gasteiger partial charge on any atom is -0.493 e. The quantitative estimate of drug-likeness (QED) is 0.633. The predicted octanol–water partition coefficient (Wildman–Crippen LogP) is 4.91. The van der Waals surface area contributed by atoms with E-state index in [1.807, 2.05) is 30.3 Å². The van der Waals surface area contributed by atoms with Crippen LogP contribution in [0.4, 0.5) is 0 Å². The zero-order chi connectivity index (χ0) is 22.5. The average molecular weight is 437 g/mol. The lowest BCUT2D eigenvalue weighted by Crippen LogP contribution is -2.43. The van der Waals surface area contributed by atoms with Gasteiger partial charge < -0.3 is 19.3 Å². The zero-order valence-electron chi connectivity index (χ0n) is 18.5. The molecule has 2 aromatic carbocycles. The Labute approximate surface area is 187 Å². The summed E-state index contributed by atoms with van der Waals surface area (Å²) in [7, 11) is 3.14. The van der Waals surface area contributed by atoms with E-state index >= 15 is 0 Å². The molecule has 1 N–H and O–H groups in total. The van der Waals surface area contributed by atoms with Crippen LogP contribution in [-0.2, 0) is 11.2 Å². The van der Waals surface area contributed by atoms with Gasteiger partial charge in [0, 0.05) is 17.5 Å². The molecule has 3 aliphatic rings. The second-order valence-corrected chi connectivity index (χ2v) is 9.16. The van der Waals surface area contributed by atoms with Crippen molar-refractivity contribution < 1.29 is 28.9 Å². The highest BCUT2D eigenvalue weighted by atomic mass is 16.5. The van der Waals surface area contributed by atoms with Gasteiger partial charge in [-0.1, -0.05) is 24.6 Å². The van der Waals surface area contributed by atoms with Gasteiger partial charge in [0.15, 0.2) is 17.3 Å².